The molecular formula is C22H26BrNO. The van der Waals surface area contributed by atoms with Crippen LogP contribution in [-0.4, -0.2) is 16.9 Å². The predicted molar refractivity (Wildman–Crippen MR) is 107 cm³/mol. The SMILES string of the molecule is Cc1ccccc1C(CC(=N)C1CCC(O)CC1)c1ccc(Br)cc1. The van der Waals surface area contributed by atoms with Crippen LogP contribution in [0.1, 0.15) is 54.7 Å². The lowest BCUT2D eigenvalue weighted by Gasteiger charge is -2.28. The molecule has 1 unspecified atom stereocenters. The predicted octanol–water partition coefficient (Wildman–Crippen LogP) is 5.85. The van der Waals surface area contributed by atoms with Crippen LogP contribution >= 0.6 is 15.9 Å². The van der Waals surface area contributed by atoms with Gasteiger partial charge in [0.15, 0.2) is 0 Å². The Kier molecular flexibility index (Phi) is 6.08. The first-order chi connectivity index (χ1) is 12.0. The van der Waals surface area contributed by atoms with Gasteiger partial charge in [-0.1, -0.05) is 52.3 Å². The molecule has 1 atom stereocenters. The molecule has 0 bridgehead atoms. The molecule has 0 radical (unpaired) electrons. The van der Waals surface area contributed by atoms with Gasteiger partial charge in [0.05, 0.1) is 6.10 Å². The van der Waals surface area contributed by atoms with Gasteiger partial charge in [-0.05, 0) is 73.8 Å². The standard InChI is InChI=1S/C22H26BrNO/c1-15-4-2-3-5-20(15)21(16-6-10-18(23)11-7-16)14-22(24)17-8-12-19(25)13-9-17/h2-7,10-11,17,19,21,24-25H,8-9,12-14H2,1H3. The minimum Gasteiger partial charge on any atom is -0.393 e. The highest BCUT2D eigenvalue weighted by Gasteiger charge is 2.26. The smallest absolute Gasteiger partial charge is 0.0540 e. The van der Waals surface area contributed by atoms with E-state index in [0.29, 0.717) is 5.92 Å². The number of benzene rings is 2. The monoisotopic (exact) mass is 399 g/mol. The number of aryl methyl sites for hydroxylation is 1. The Morgan fingerprint density at radius 1 is 1.08 bits per heavy atom. The molecule has 0 aromatic heterocycles. The molecule has 0 aliphatic heterocycles. The van der Waals surface area contributed by atoms with Gasteiger partial charge >= 0.3 is 0 Å². The molecule has 3 rings (SSSR count). The maximum atomic E-state index is 9.73. The Hall–Kier alpha value is -1.45. The quantitative estimate of drug-likeness (QED) is 0.608. The highest BCUT2D eigenvalue weighted by atomic mass is 79.9. The van der Waals surface area contributed by atoms with Crippen LogP contribution in [0.3, 0.4) is 0 Å². The zero-order valence-electron chi connectivity index (χ0n) is 14.7. The largest absolute Gasteiger partial charge is 0.393 e. The van der Waals surface area contributed by atoms with Crippen molar-refractivity contribution in [2.45, 2.75) is 51.0 Å². The number of halogens is 1. The van der Waals surface area contributed by atoms with Crippen molar-refractivity contribution in [3.05, 3.63) is 69.7 Å². The number of aliphatic hydroxyl groups is 1. The fraction of sp³-hybridized carbons (Fsp3) is 0.409. The Morgan fingerprint density at radius 2 is 1.72 bits per heavy atom. The van der Waals surface area contributed by atoms with Crippen molar-refractivity contribution in [1.29, 1.82) is 5.41 Å². The number of aliphatic hydroxyl groups excluding tert-OH is 1. The van der Waals surface area contributed by atoms with E-state index in [0.717, 1.165) is 42.3 Å². The fourth-order valence-electron chi connectivity index (χ4n) is 3.89. The molecule has 2 nitrogen and oxygen atoms in total. The van der Waals surface area contributed by atoms with Gasteiger partial charge in [0.2, 0.25) is 0 Å². The lowest BCUT2D eigenvalue weighted by molar-refractivity contribution is 0.120. The molecule has 2 aromatic rings. The summed E-state index contributed by atoms with van der Waals surface area (Å²) in [6.45, 7) is 2.15. The average molecular weight is 400 g/mol. The Bertz CT molecular complexity index is 717. The third-order valence-corrected chi connectivity index (χ3v) is 5.98. The van der Waals surface area contributed by atoms with Crippen molar-refractivity contribution in [1.82, 2.24) is 0 Å². The van der Waals surface area contributed by atoms with Gasteiger partial charge in [-0.15, -0.1) is 0 Å². The molecule has 1 fully saturated rings. The van der Waals surface area contributed by atoms with Crippen LogP contribution in [-0.2, 0) is 0 Å². The Labute approximate surface area is 158 Å². The van der Waals surface area contributed by atoms with Crippen molar-refractivity contribution in [3.63, 3.8) is 0 Å². The van der Waals surface area contributed by atoms with Gasteiger partial charge in [0.1, 0.15) is 0 Å². The fourth-order valence-corrected chi connectivity index (χ4v) is 4.16. The second-order valence-electron chi connectivity index (χ2n) is 7.20. The summed E-state index contributed by atoms with van der Waals surface area (Å²) in [5, 5.41) is 18.4. The molecule has 0 saturated heterocycles. The van der Waals surface area contributed by atoms with E-state index >= 15 is 0 Å². The van der Waals surface area contributed by atoms with E-state index in [1.165, 1.54) is 16.7 Å². The van der Waals surface area contributed by atoms with Crippen molar-refractivity contribution in [3.8, 4) is 0 Å². The molecule has 25 heavy (non-hydrogen) atoms. The van der Waals surface area contributed by atoms with Gasteiger partial charge in [-0.25, -0.2) is 0 Å². The van der Waals surface area contributed by atoms with Crippen molar-refractivity contribution in [2.75, 3.05) is 0 Å². The number of hydrogen-bond donors (Lipinski definition) is 2. The molecule has 1 aliphatic rings. The van der Waals surface area contributed by atoms with Crippen LogP contribution in [0.15, 0.2) is 53.0 Å². The van der Waals surface area contributed by atoms with E-state index in [4.69, 9.17) is 5.41 Å². The van der Waals surface area contributed by atoms with Crippen LogP contribution < -0.4 is 0 Å². The highest BCUT2D eigenvalue weighted by molar-refractivity contribution is 9.10. The van der Waals surface area contributed by atoms with E-state index in [2.05, 4.69) is 71.4 Å². The molecule has 3 heteroatoms. The van der Waals surface area contributed by atoms with Crippen molar-refractivity contribution < 1.29 is 5.11 Å². The minimum atomic E-state index is -0.164. The summed E-state index contributed by atoms with van der Waals surface area (Å²) in [6, 6.07) is 17.0. The van der Waals surface area contributed by atoms with E-state index in [9.17, 15) is 5.11 Å². The van der Waals surface area contributed by atoms with Gasteiger partial charge in [-0.3, -0.25) is 0 Å². The van der Waals surface area contributed by atoms with Crippen LogP contribution in [0.2, 0.25) is 0 Å². The third-order valence-electron chi connectivity index (χ3n) is 5.45. The summed E-state index contributed by atoms with van der Waals surface area (Å²) >= 11 is 3.52. The van der Waals surface area contributed by atoms with Gasteiger partial charge in [0, 0.05) is 16.1 Å². The molecule has 1 saturated carbocycles. The van der Waals surface area contributed by atoms with Crippen molar-refractivity contribution >= 4 is 21.6 Å². The molecule has 1 aliphatic carbocycles. The number of hydrogen-bond acceptors (Lipinski definition) is 2. The summed E-state index contributed by atoms with van der Waals surface area (Å²) in [6.07, 6.45) is 4.15. The second kappa shape index (κ2) is 8.29. The summed E-state index contributed by atoms with van der Waals surface area (Å²) < 4.78 is 1.08. The van der Waals surface area contributed by atoms with Gasteiger partial charge < -0.3 is 10.5 Å². The van der Waals surface area contributed by atoms with Gasteiger partial charge in [-0.2, -0.15) is 0 Å². The maximum Gasteiger partial charge on any atom is 0.0540 e. The first kappa shape index (κ1) is 18.3. The van der Waals surface area contributed by atoms with E-state index in [-0.39, 0.29) is 12.0 Å². The molecule has 0 heterocycles. The average Bonchev–Trinajstić information content (AvgIpc) is 2.62. The van der Waals surface area contributed by atoms with Gasteiger partial charge in [0.25, 0.3) is 0 Å². The zero-order valence-corrected chi connectivity index (χ0v) is 16.3. The summed E-state index contributed by atoms with van der Waals surface area (Å²) in [5.41, 5.74) is 4.69. The maximum absolute atomic E-state index is 9.73. The Balaban J connectivity index is 1.85. The number of rotatable bonds is 5. The molecule has 0 spiro atoms. The molecular weight excluding hydrogens is 374 g/mol. The van der Waals surface area contributed by atoms with Crippen LogP contribution in [0.25, 0.3) is 0 Å². The normalized spacial score (nSPS) is 21.7. The van der Waals surface area contributed by atoms with Crippen LogP contribution in [0, 0.1) is 18.3 Å². The van der Waals surface area contributed by atoms with E-state index < -0.39 is 0 Å². The summed E-state index contributed by atoms with van der Waals surface area (Å²) in [7, 11) is 0. The highest BCUT2D eigenvalue weighted by Crippen LogP contribution is 2.34. The molecule has 2 aromatic carbocycles. The molecule has 0 amide bonds. The lowest BCUT2D eigenvalue weighted by atomic mass is 9.78. The third kappa shape index (κ3) is 4.59. The van der Waals surface area contributed by atoms with E-state index in [1.807, 2.05) is 0 Å². The minimum absolute atomic E-state index is 0.164. The lowest BCUT2D eigenvalue weighted by Crippen LogP contribution is -2.25. The van der Waals surface area contributed by atoms with Crippen LogP contribution in [0.4, 0.5) is 0 Å². The number of nitrogens with one attached hydrogen (secondary N) is 1. The molecule has 2 N–H and O–H groups in total. The second-order valence-corrected chi connectivity index (χ2v) is 8.11. The molecule has 132 valence electrons. The summed E-state index contributed by atoms with van der Waals surface area (Å²) in [4.78, 5) is 0. The van der Waals surface area contributed by atoms with E-state index in [1.54, 1.807) is 0 Å². The van der Waals surface area contributed by atoms with Crippen molar-refractivity contribution in [2.24, 2.45) is 5.92 Å². The summed E-state index contributed by atoms with van der Waals surface area (Å²) in [5.74, 6) is 0.541. The Morgan fingerprint density at radius 3 is 2.36 bits per heavy atom. The first-order valence-electron chi connectivity index (χ1n) is 9.11. The first-order valence-corrected chi connectivity index (χ1v) is 9.90. The zero-order chi connectivity index (χ0) is 17.8. The van der Waals surface area contributed by atoms with Crippen LogP contribution in [0.5, 0.6) is 0 Å². The topological polar surface area (TPSA) is 44.1 Å².